The highest BCUT2D eigenvalue weighted by Gasteiger charge is 2.13. The smallest absolute Gasteiger partial charge is 0.0541 e. The van der Waals surface area contributed by atoms with E-state index < -0.39 is 0 Å². The molecule has 1 nitrogen and oxygen atoms in total. The first-order valence-electron chi connectivity index (χ1n) is 8.97. The molecule has 0 radical (unpaired) electrons. The predicted octanol–water partition coefficient (Wildman–Crippen LogP) is 6.76. The van der Waals surface area contributed by atoms with Gasteiger partial charge in [-0.2, -0.15) is 0 Å². The van der Waals surface area contributed by atoms with Crippen LogP contribution < -0.4 is 0 Å². The molecule has 0 saturated carbocycles. The number of benzene rings is 4. The summed E-state index contributed by atoms with van der Waals surface area (Å²) in [5.41, 5.74) is 7.49. The molecule has 0 aliphatic heterocycles. The molecule has 0 spiro atoms. The topological polar surface area (TPSA) is 4.93 Å². The standard InChI is InChI=1S/C25H19N/c1-18-12-14-24-22(16-18)23-17-20(19-8-4-2-5-9-19)13-15-25(23)26(24)21-10-6-3-7-11-21/h2-17H,1H3. The van der Waals surface area contributed by atoms with Crippen molar-refractivity contribution in [1.29, 1.82) is 0 Å². The maximum atomic E-state index is 2.36. The largest absolute Gasteiger partial charge is 0.309 e. The molecule has 0 N–H and O–H groups in total. The van der Waals surface area contributed by atoms with Crippen molar-refractivity contribution in [2.24, 2.45) is 0 Å². The van der Waals surface area contributed by atoms with E-state index >= 15 is 0 Å². The van der Waals surface area contributed by atoms with Gasteiger partial charge in [0.25, 0.3) is 0 Å². The SMILES string of the molecule is Cc1ccc2c(c1)c1cc(-c3ccccc3)ccc1n2-c1ccccc1. The molecule has 0 atom stereocenters. The van der Waals surface area contributed by atoms with E-state index in [1.54, 1.807) is 0 Å². The minimum Gasteiger partial charge on any atom is -0.309 e. The summed E-state index contributed by atoms with van der Waals surface area (Å²) in [5.74, 6) is 0. The van der Waals surface area contributed by atoms with Gasteiger partial charge < -0.3 is 4.57 Å². The summed E-state index contributed by atoms with van der Waals surface area (Å²) in [4.78, 5) is 0. The highest BCUT2D eigenvalue weighted by molar-refractivity contribution is 6.10. The summed E-state index contributed by atoms with van der Waals surface area (Å²) < 4.78 is 2.36. The quantitative estimate of drug-likeness (QED) is 0.336. The molecule has 0 saturated heterocycles. The molecular formula is C25H19N. The highest BCUT2D eigenvalue weighted by Crippen LogP contribution is 2.35. The van der Waals surface area contributed by atoms with Crippen LogP contribution in [0, 0.1) is 6.92 Å². The number of hydrogen-bond acceptors (Lipinski definition) is 0. The van der Waals surface area contributed by atoms with Gasteiger partial charge in [0, 0.05) is 16.5 Å². The summed E-state index contributed by atoms with van der Waals surface area (Å²) >= 11 is 0. The van der Waals surface area contributed by atoms with Gasteiger partial charge >= 0.3 is 0 Å². The van der Waals surface area contributed by atoms with Gasteiger partial charge in [-0.3, -0.25) is 0 Å². The van der Waals surface area contributed by atoms with Crippen LogP contribution in [0.4, 0.5) is 0 Å². The lowest BCUT2D eigenvalue weighted by atomic mass is 10.0. The number of fused-ring (bicyclic) bond motifs is 3. The number of para-hydroxylation sites is 1. The Morgan fingerprint density at radius 1 is 0.538 bits per heavy atom. The van der Waals surface area contributed by atoms with Crippen molar-refractivity contribution in [2.45, 2.75) is 6.92 Å². The lowest BCUT2D eigenvalue weighted by molar-refractivity contribution is 1.18. The fourth-order valence-corrected chi connectivity index (χ4v) is 3.80. The molecule has 26 heavy (non-hydrogen) atoms. The van der Waals surface area contributed by atoms with E-state index in [1.165, 1.54) is 44.2 Å². The number of aromatic nitrogens is 1. The Kier molecular flexibility index (Phi) is 3.39. The van der Waals surface area contributed by atoms with Crippen molar-refractivity contribution in [3.8, 4) is 16.8 Å². The van der Waals surface area contributed by atoms with E-state index in [0.717, 1.165) is 0 Å². The zero-order valence-corrected chi connectivity index (χ0v) is 14.7. The molecule has 0 bridgehead atoms. The van der Waals surface area contributed by atoms with Gasteiger partial charge in [-0.05, 0) is 54.4 Å². The van der Waals surface area contributed by atoms with Crippen LogP contribution in [-0.4, -0.2) is 4.57 Å². The third-order valence-electron chi connectivity index (χ3n) is 5.04. The molecule has 0 unspecified atom stereocenters. The third-order valence-corrected chi connectivity index (χ3v) is 5.04. The van der Waals surface area contributed by atoms with Crippen LogP contribution in [0.15, 0.2) is 97.1 Å². The summed E-state index contributed by atoms with van der Waals surface area (Å²) in [6.07, 6.45) is 0. The molecule has 4 aromatic carbocycles. The Morgan fingerprint density at radius 2 is 1.15 bits per heavy atom. The van der Waals surface area contributed by atoms with E-state index in [0.29, 0.717) is 0 Å². The lowest BCUT2D eigenvalue weighted by Gasteiger charge is -2.08. The number of hydrogen-bond donors (Lipinski definition) is 0. The van der Waals surface area contributed by atoms with Gasteiger partial charge in [0.05, 0.1) is 11.0 Å². The summed E-state index contributed by atoms with van der Waals surface area (Å²) in [6, 6.07) is 34.7. The second-order valence-corrected chi connectivity index (χ2v) is 6.79. The first-order chi connectivity index (χ1) is 12.8. The van der Waals surface area contributed by atoms with Crippen LogP contribution in [0.2, 0.25) is 0 Å². The van der Waals surface area contributed by atoms with Crippen LogP contribution in [0.3, 0.4) is 0 Å². The van der Waals surface area contributed by atoms with Crippen LogP contribution in [-0.2, 0) is 0 Å². The first kappa shape index (κ1) is 15.0. The Bertz CT molecular complexity index is 1210. The number of nitrogens with zero attached hydrogens (tertiary/aromatic N) is 1. The maximum Gasteiger partial charge on any atom is 0.0541 e. The maximum absolute atomic E-state index is 2.36. The van der Waals surface area contributed by atoms with Crippen LogP contribution in [0.1, 0.15) is 5.56 Å². The monoisotopic (exact) mass is 333 g/mol. The molecule has 0 amide bonds. The highest BCUT2D eigenvalue weighted by atomic mass is 15.0. The average molecular weight is 333 g/mol. The molecule has 1 heterocycles. The average Bonchev–Trinajstić information content (AvgIpc) is 3.02. The van der Waals surface area contributed by atoms with Gasteiger partial charge in [0.1, 0.15) is 0 Å². The van der Waals surface area contributed by atoms with Crippen molar-refractivity contribution in [2.75, 3.05) is 0 Å². The summed E-state index contributed by atoms with van der Waals surface area (Å²) in [6.45, 7) is 2.16. The first-order valence-corrected chi connectivity index (χ1v) is 8.97. The van der Waals surface area contributed by atoms with Gasteiger partial charge in [0.15, 0.2) is 0 Å². The van der Waals surface area contributed by atoms with Crippen LogP contribution >= 0.6 is 0 Å². The van der Waals surface area contributed by atoms with Crippen molar-refractivity contribution in [1.82, 2.24) is 4.57 Å². The van der Waals surface area contributed by atoms with Gasteiger partial charge in [-0.1, -0.05) is 66.2 Å². The molecule has 5 aromatic rings. The minimum atomic E-state index is 1.20. The van der Waals surface area contributed by atoms with Gasteiger partial charge in [0.2, 0.25) is 0 Å². The minimum absolute atomic E-state index is 1.20. The van der Waals surface area contributed by atoms with E-state index in [-0.39, 0.29) is 0 Å². The molecule has 0 fully saturated rings. The van der Waals surface area contributed by atoms with Gasteiger partial charge in [-0.25, -0.2) is 0 Å². The van der Waals surface area contributed by atoms with Crippen LogP contribution in [0.5, 0.6) is 0 Å². The second kappa shape index (κ2) is 5.89. The Hall–Kier alpha value is -3.32. The third kappa shape index (κ3) is 2.33. The van der Waals surface area contributed by atoms with E-state index in [4.69, 9.17) is 0 Å². The Morgan fingerprint density at radius 3 is 1.88 bits per heavy atom. The molecule has 0 aliphatic carbocycles. The zero-order valence-electron chi connectivity index (χ0n) is 14.7. The van der Waals surface area contributed by atoms with E-state index in [2.05, 4.69) is 109 Å². The second-order valence-electron chi connectivity index (χ2n) is 6.79. The molecule has 1 aromatic heterocycles. The molecule has 124 valence electrons. The zero-order chi connectivity index (χ0) is 17.5. The van der Waals surface area contributed by atoms with Crippen molar-refractivity contribution < 1.29 is 0 Å². The Labute approximate surface area is 153 Å². The number of rotatable bonds is 2. The van der Waals surface area contributed by atoms with E-state index in [9.17, 15) is 0 Å². The molecular weight excluding hydrogens is 314 g/mol. The number of aryl methyl sites for hydroxylation is 1. The molecule has 1 heteroatoms. The fraction of sp³-hybridized carbons (Fsp3) is 0.0400. The van der Waals surface area contributed by atoms with Crippen molar-refractivity contribution in [3.05, 3.63) is 103 Å². The van der Waals surface area contributed by atoms with Gasteiger partial charge in [-0.15, -0.1) is 0 Å². The summed E-state index contributed by atoms with van der Waals surface area (Å²) in [7, 11) is 0. The predicted molar refractivity (Wildman–Crippen MR) is 111 cm³/mol. The van der Waals surface area contributed by atoms with Crippen molar-refractivity contribution >= 4 is 21.8 Å². The van der Waals surface area contributed by atoms with Crippen molar-refractivity contribution in [3.63, 3.8) is 0 Å². The summed E-state index contributed by atoms with van der Waals surface area (Å²) in [5, 5.41) is 2.61. The molecule has 5 rings (SSSR count). The normalized spacial score (nSPS) is 11.3. The lowest BCUT2D eigenvalue weighted by Crippen LogP contribution is -1.93. The fourth-order valence-electron chi connectivity index (χ4n) is 3.80. The van der Waals surface area contributed by atoms with E-state index in [1.807, 2.05) is 0 Å². The van der Waals surface area contributed by atoms with Crippen LogP contribution in [0.25, 0.3) is 38.6 Å². The molecule has 0 aliphatic rings. The Balaban J connectivity index is 1.87.